The number of amides is 1. The average molecular weight is 335 g/mol. The first-order valence-electron chi connectivity index (χ1n) is 7.05. The molecule has 0 aromatic heterocycles. The van der Waals surface area contributed by atoms with E-state index >= 15 is 0 Å². The van der Waals surface area contributed by atoms with Gasteiger partial charge in [-0.1, -0.05) is 18.2 Å². The summed E-state index contributed by atoms with van der Waals surface area (Å²) in [7, 11) is 1.89. The van der Waals surface area contributed by atoms with Gasteiger partial charge in [0.2, 0.25) is 5.91 Å². The van der Waals surface area contributed by atoms with Crippen LogP contribution in [-0.4, -0.2) is 44.1 Å². The molecule has 1 amide bonds. The zero-order valence-corrected chi connectivity index (χ0v) is 13.2. The van der Waals surface area contributed by atoms with Crippen molar-refractivity contribution in [3.05, 3.63) is 29.8 Å². The zero-order valence-electron chi connectivity index (χ0n) is 12.4. The molecule has 0 saturated carbocycles. The van der Waals surface area contributed by atoms with E-state index in [9.17, 15) is 13.6 Å². The van der Waals surface area contributed by atoms with Crippen LogP contribution in [0.5, 0.6) is 5.75 Å². The molecule has 2 rings (SSSR count). The Labute approximate surface area is 135 Å². The van der Waals surface area contributed by atoms with Crippen molar-refractivity contribution in [3.8, 4) is 5.75 Å². The summed E-state index contributed by atoms with van der Waals surface area (Å²) in [5.41, 5.74) is 0.500. The van der Waals surface area contributed by atoms with Crippen LogP contribution in [0.15, 0.2) is 24.3 Å². The first-order chi connectivity index (χ1) is 10.1. The first-order valence-corrected chi connectivity index (χ1v) is 7.05. The van der Waals surface area contributed by atoms with Crippen LogP contribution >= 0.6 is 12.4 Å². The second-order valence-electron chi connectivity index (χ2n) is 5.22. The zero-order chi connectivity index (χ0) is 15.2. The standard InChI is InChI=1S/C15H20F2N2O2.ClH/c1-18-9-11-6-7-19(10-11)14(20)8-12-4-2-3-5-13(12)21-15(16)17;/h2-5,11,15,18H,6-10H2,1H3;1H. The summed E-state index contributed by atoms with van der Waals surface area (Å²) in [5.74, 6) is 0.497. The number of rotatable bonds is 6. The second-order valence-corrected chi connectivity index (χ2v) is 5.22. The maximum absolute atomic E-state index is 12.4. The highest BCUT2D eigenvalue weighted by atomic mass is 35.5. The molecule has 1 aliphatic rings. The Morgan fingerprint density at radius 1 is 1.45 bits per heavy atom. The van der Waals surface area contributed by atoms with Crippen molar-refractivity contribution in [1.29, 1.82) is 0 Å². The fourth-order valence-corrected chi connectivity index (χ4v) is 2.65. The molecule has 4 nitrogen and oxygen atoms in total. The van der Waals surface area contributed by atoms with Gasteiger partial charge in [-0.25, -0.2) is 0 Å². The van der Waals surface area contributed by atoms with Crippen LogP contribution in [-0.2, 0) is 11.2 Å². The molecule has 1 heterocycles. The SMILES string of the molecule is CNCC1CCN(C(=O)Cc2ccccc2OC(F)F)C1.Cl. The maximum Gasteiger partial charge on any atom is 0.387 e. The smallest absolute Gasteiger partial charge is 0.387 e. The fraction of sp³-hybridized carbons (Fsp3) is 0.533. The summed E-state index contributed by atoms with van der Waals surface area (Å²) >= 11 is 0. The van der Waals surface area contributed by atoms with Gasteiger partial charge in [-0.05, 0) is 32.0 Å². The number of halogens is 3. The van der Waals surface area contributed by atoms with Crippen LogP contribution in [0.1, 0.15) is 12.0 Å². The normalized spacial score (nSPS) is 17.5. The van der Waals surface area contributed by atoms with Crippen LogP contribution in [0.2, 0.25) is 0 Å². The van der Waals surface area contributed by atoms with Gasteiger partial charge in [-0.15, -0.1) is 12.4 Å². The van der Waals surface area contributed by atoms with E-state index in [1.807, 2.05) is 7.05 Å². The third-order valence-electron chi connectivity index (χ3n) is 3.66. The maximum atomic E-state index is 12.4. The highest BCUT2D eigenvalue weighted by Gasteiger charge is 2.26. The van der Waals surface area contributed by atoms with E-state index in [2.05, 4.69) is 10.1 Å². The minimum Gasteiger partial charge on any atom is -0.435 e. The van der Waals surface area contributed by atoms with E-state index in [4.69, 9.17) is 0 Å². The number of alkyl halides is 2. The second kappa shape index (κ2) is 8.90. The van der Waals surface area contributed by atoms with Gasteiger partial charge in [0, 0.05) is 18.7 Å². The fourth-order valence-electron chi connectivity index (χ4n) is 2.65. The summed E-state index contributed by atoms with van der Waals surface area (Å²) < 4.78 is 29.2. The minimum absolute atomic E-state index is 0. The molecule has 1 atom stereocenters. The summed E-state index contributed by atoms with van der Waals surface area (Å²) in [5, 5.41) is 3.11. The molecule has 124 valence electrons. The van der Waals surface area contributed by atoms with Gasteiger partial charge in [0.05, 0.1) is 6.42 Å². The minimum atomic E-state index is -2.88. The quantitative estimate of drug-likeness (QED) is 0.868. The van der Waals surface area contributed by atoms with Crippen LogP contribution in [0, 0.1) is 5.92 Å². The molecule has 1 fully saturated rings. The van der Waals surface area contributed by atoms with E-state index in [1.165, 1.54) is 6.07 Å². The van der Waals surface area contributed by atoms with Crippen LogP contribution in [0.4, 0.5) is 8.78 Å². The van der Waals surface area contributed by atoms with Crippen molar-refractivity contribution in [2.45, 2.75) is 19.5 Å². The Balaban J connectivity index is 0.00000242. The lowest BCUT2D eigenvalue weighted by molar-refractivity contribution is -0.129. The molecule has 1 unspecified atom stereocenters. The van der Waals surface area contributed by atoms with Crippen molar-refractivity contribution in [2.24, 2.45) is 5.92 Å². The summed E-state index contributed by atoms with van der Waals surface area (Å²) in [6.07, 6.45) is 1.07. The van der Waals surface area contributed by atoms with E-state index in [0.29, 0.717) is 11.5 Å². The third kappa shape index (κ3) is 5.10. The van der Waals surface area contributed by atoms with Crippen molar-refractivity contribution in [1.82, 2.24) is 10.2 Å². The Morgan fingerprint density at radius 3 is 2.86 bits per heavy atom. The lowest BCUT2D eigenvalue weighted by Gasteiger charge is -2.18. The number of para-hydroxylation sites is 1. The first kappa shape index (κ1) is 18.6. The molecular weight excluding hydrogens is 314 g/mol. The molecule has 1 N–H and O–H groups in total. The predicted octanol–water partition coefficient (Wildman–Crippen LogP) is 2.32. The number of likely N-dealkylation sites (tertiary alicyclic amines) is 1. The molecule has 0 radical (unpaired) electrons. The predicted molar refractivity (Wildman–Crippen MR) is 82.6 cm³/mol. The molecule has 7 heteroatoms. The van der Waals surface area contributed by atoms with Gasteiger partial charge in [0.15, 0.2) is 0 Å². The van der Waals surface area contributed by atoms with Gasteiger partial charge in [-0.3, -0.25) is 4.79 Å². The van der Waals surface area contributed by atoms with Crippen molar-refractivity contribution in [2.75, 3.05) is 26.7 Å². The largest absolute Gasteiger partial charge is 0.435 e. The van der Waals surface area contributed by atoms with E-state index in [1.54, 1.807) is 23.1 Å². The van der Waals surface area contributed by atoms with Gasteiger partial charge in [0.25, 0.3) is 0 Å². The Hall–Kier alpha value is -1.40. The monoisotopic (exact) mass is 334 g/mol. The average Bonchev–Trinajstić information content (AvgIpc) is 2.89. The summed E-state index contributed by atoms with van der Waals surface area (Å²) in [6, 6.07) is 6.44. The summed E-state index contributed by atoms with van der Waals surface area (Å²) in [4.78, 5) is 14.1. The highest BCUT2D eigenvalue weighted by molar-refractivity contribution is 5.85. The Kier molecular flexibility index (Phi) is 7.55. The Bertz CT molecular complexity index is 488. The molecule has 0 bridgehead atoms. The van der Waals surface area contributed by atoms with Crippen LogP contribution in [0.25, 0.3) is 0 Å². The molecule has 22 heavy (non-hydrogen) atoms. The van der Waals surface area contributed by atoms with Crippen molar-refractivity contribution >= 4 is 18.3 Å². The molecule has 1 aliphatic heterocycles. The lowest BCUT2D eigenvalue weighted by Crippen LogP contribution is -2.31. The highest BCUT2D eigenvalue weighted by Crippen LogP contribution is 2.23. The van der Waals surface area contributed by atoms with Gasteiger partial charge in [0.1, 0.15) is 5.75 Å². The number of nitrogens with one attached hydrogen (secondary N) is 1. The van der Waals surface area contributed by atoms with E-state index < -0.39 is 6.61 Å². The van der Waals surface area contributed by atoms with E-state index in [0.717, 1.165) is 26.1 Å². The number of benzene rings is 1. The third-order valence-corrected chi connectivity index (χ3v) is 3.66. The van der Waals surface area contributed by atoms with Crippen LogP contribution in [0.3, 0.4) is 0 Å². The number of nitrogens with zero attached hydrogens (tertiary/aromatic N) is 1. The molecule has 0 spiro atoms. The number of hydrogen-bond donors (Lipinski definition) is 1. The topological polar surface area (TPSA) is 41.6 Å². The van der Waals surface area contributed by atoms with Gasteiger partial charge >= 0.3 is 6.61 Å². The molecular formula is C15H21ClF2N2O2. The van der Waals surface area contributed by atoms with Crippen molar-refractivity contribution < 1.29 is 18.3 Å². The summed E-state index contributed by atoms with van der Waals surface area (Å²) in [6.45, 7) is -0.553. The number of carbonyl (C=O) groups excluding carboxylic acids is 1. The number of hydrogen-bond acceptors (Lipinski definition) is 3. The van der Waals surface area contributed by atoms with Gasteiger partial charge < -0.3 is 15.0 Å². The lowest BCUT2D eigenvalue weighted by atomic mass is 10.1. The molecule has 0 aliphatic carbocycles. The van der Waals surface area contributed by atoms with Crippen molar-refractivity contribution in [3.63, 3.8) is 0 Å². The molecule has 1 aromatic rings. The Morgan fingerprint density at radius 2 is 2.18 bits per heavy atom. The van der Waals surface area contributed by atoms with Crippen LogP contribution < -0.4 is 10.1 Å². The van der Waals surface area contributed by atoms with E-state index in [-0.39, 0.29) is 30.5 Å². The molecule has 1 saturated heterocycles. The van der Waals surface area contributed by atoms with Gasteiger partial charge in [-0.2, -0.15) is 8.78 Å². The number of ether oxygens (including phenoxy) is 1. The molecule has 1 aromatic carbocycles. The number of carbonyl (C=O) groups is 1.